The van der Waals surface area contributed by atoms with Crippen molar-refractivity contribution in [1.29, 1.82) is 0 Å². The quantitative estimate of drug-likeness (QED) is 0.422. The third-order valence-electron chi connectivity index (χ3n) is 4.39. The number of amides is 1. The normalized spacial score (nSPS) is 12.9. The molecule has 2 atom stereocenters. The van der Waals surface area contributed by atoms with E-state index in [2.05, 4.69) is 15.6 Å². The fourth-order valence-electron chi connectivity index (χ4n) is 2.93. The third kappa shape index (κ3) is 5.39. The topological polar surface area (TPSA) is 138 Å². The minimum atomic E-state index is -1.63. The van der Waals surface area contributed by atoms with Gasteiger partial charge in [-0.05, 0) is 28.3 Å². The van der Waals surface area contributed by atoms with E-state index in [0.29, 0.717) is 11.3 Å². The van der Waals surface area contributed by atoms with Crippen LogP contribution < -0.4 is 5.32 Å². The van der Waals surface area contributed by atoms with E-state index in [1.807, 2.05) is 54.6 Å². The van der Waals surface area contributed by atoms with E-state index in [0.717, 1.165) is 22.9 Å². The summed E-state index contributed by atoms with van der Waals surface area (Å²) < 4.78 is 0. The molecule has 29 heavy (non-hydrogen) atoms. The summed E-state index contributed by atoms with van der Waals surface area (Å²) in [7, 11) is 0. The maximum absolute atomic E-state index is 12.3. The number of aromatic nitrogens is 3. The van der Waals surface area contributed by atoms with Gasteiger partial charge in [0.25, 0.3) is 5.91 Å². The fourth-order valence-corrected chi connectivity index (χ4v) is 2.93. The lowest BCUT2D eigenvalue weighted by Crippen LogP contribution is -2.40. The molecule has 2 aromatic carbocycles. The first-order valence-corrected chi connectivity index (χ1v) is 8.90. The zero-order valence-corrected chi connectivity index (χ0v) is 15.3. The Morgan fingerprint density at radius 3 is 2.28 bits per heavy atom. The smallest absolute Gasteiger partial charge is 0.332 e. The van der Waals surface area contributed by atoms with Crippen LogP contribution in [0, 0.1) is 0 Å². The van der Waals surface area contributed by atoms with Crippen LogP contribution in [0.2, 0.25) is 0 Å². The third-order valence-corrected chi connectivity index (χ3v) is 4.39. The van der Waals surface area contributed by atoms with Crippen molar-refractivity contribution < 1.29 is 25.0 Å². The summed E-state index contributed by atoms with van der Waals surface area (Å²) in [6.45, 7) is 0. The van der Waals surface area contributed by atoms with Crippen molar-refractivity contribution in [2.75, 3.05) is 0 Å². The Bertz CT molecular complexity index is 972. The second-order valence-corrected chi connectivity index (χ2v) is 6.55. The highest BCUT2D eigenvalue weighted by molar-refractivity contribution is 5.92. The maximum Gasteiger partial charge on any atom is 0.332 e. The Labute approximate surface area is 166 Å². The molecule has 0 unspecified atom stereocenters. The predicted octanol–water partition coefficient (Wildman–Crippen LogP) is 1.36. The molecule has 0 spiro atoms. The molecule has 1 amide bonds. The van der Waals surface area contributed by atoms with E-state index < -0.39 is 24.0 Å². The van der Waals surface area contributed by atoms with E-state index in [1.54, 1.807) is 0 Å². The monoisotopic (exact) mass is 396 g/mol. The van der Waals surface area contributed by atoms with Gasteiger partial charge < -0.3 is 20.7 Å². The SMILES string of the molecule is O=C(N[C@H](Cc1ccc(-c2ccccc2)cc1)C[C@@H](O)C(=O)O)c1cn(O)nn1. The average molecular weight is 396 g/mol. The molecule has 3 aromatic rings. The van der Waals surface area contributed by atoms with Crippen LogP contribution in [0.15, 0.2) is 60.8 Å². The number of aliphatic hydroxyl groups is 1. The summed E-state index contributed by atoms with van der Waals surface area (Å²) in [5.41, 5.74) is 2.83. The number of nitrogens with one attached hydrogen (secondary N) is 1. The van der Waals surface area contributed by atoms with Crippen molar-refractivity contribution in [3.63, 3.8) is 0 Å². The lowest BCUT2D eigenvalue weighted by atomic mass is 9.97. The van der Waals surface area contributed by atoms with Crippen LogP contribution in [-0.4, -0.2) is 54.6 Å². The van der Waals surface area contributed by atoms with Gasteiger partial charge in [-0.2, -0.15) is 0 Å². The molecule has 3 rings (SSSR count). The van der Waals surface area contributed by atoms with Crippen molar-refractivity contribution in [2.24, 2.45) is 0 Å². The number of carbonyl (C=O) groups excluding carboxylic acids is 1. The Hall–Kier alpha value is -3.72. The molecule has 0 saturated heterocycles. The van der Waals surface area contributed by atoms with Gasteiger partial charge in [0.15, 0.2) is 11.8 Å². The van der Waals surface area contributed by atoms with Crippen LogP contribution in [0.5, 0.6) is 0 Å². The predicted molar refractivity (Wildman–Crippen MR) is 102 cm³/mol. The van der Waals surface area contributed by atoms with Crippen molar-refractivity contribution >= 4 is 11.9 Å². The van der Waals surface area contributed by atoms with Crippen LogP contribution in [0.25, 0.3) is 11.1 Å². The number of benzene rings is 2. The Balaban J connectivity index is 1.73. The summed E-state index contributed by atoms with van der Waals surface area (Å²) >= 11 is 0. The molecule has 0 bridgehead atoms. The zero-order valence-electron chi connectivity index (χ0n) is 15.3. The first-order chi connectivity index (χ1) is 13.9. The van der Waals surface area contributed by atoms with Gasteiger partial charge in [0.05, 0.1) is 6.20 Å². The summed E-state index contributed by atoms with van der Waals surface area (Å²) in [5, 5.41) is 37.3. The van der Waals surface area contributed by atoms with Crippen LogP contribution in [0.4, 0.5) is 0 Å². The van der Waals surface area contributed by atoms with Gasteiger partial charge >= 0.3 is 5.97 Å². The first-order valence-electron chi connectivity index (χ1n) is 8.90. The second-order valence-electron chi connectivity index (χ2n) is 6.55. The Morgan fingerprint density at radius 2 is 1.69 bits per heavy atom. The van der Waals surface area contributed by atoms with Crippen LogP contribution in [-0.2, 0) is 11.2 Å². The minimum Gasteiger partial charge on any atom is -0.479 e. The number of carboxylic acids is 1. The highest BCUT2D eigenvalue weighted by Crippen LogP contribution is 2.20. The molecule has 0 aliphatic heterocycles. The van der Waals surface area contributed by atoms with Gasteiger partial charge in [-0.3, -0.25) is 4.79 Å². The lowest BCUT2D eigenvalue weighted by Gasteiger charge is -2.20. The van der Waals surface area contributed by atoms with Crippen molar-refractivity contribution in [3.8, 4) is 11.1 Å². The minimum absolute atomic E-state index is 0.123. The van der Waals surface area contributed by atoms with Gasteiger partial charge in [0.2, 0.25) is 0 Å². The molecule has 0 saturated carbocycles. The molecule has 0 aliphatic rings. The molecule has 1 heterocycles. The number of aliphatic carboxylic acids is 1. The number of carbonyl (C=O) groups is 2. The zero-order chi connectivity index (χ0) is 20.8. The lowest BCUT2D eigenvalue weighted by molar-refractivity contribution is -0.147. The molecule has 0 radical (unpaired) electrons. The van der Waals surface area contributed by atoms with Gasteiger partial charge in [0.1, 0.15) is 0 Å². The number of rotatable bonds is 8. The van der Waals surface area contributed by atoms with E-state index in [-0.39, 0.29) is 12.1 Å². The highest BCUT2D eigenvalue weighted by Gasteiger charge is 2.23. The largest absolute Gasteiger partial charge is 0.479 e. The maximum atomic E-state index is 12.3. The summed E-state index contributed by atoms with van der Waals surface area (Å²) in [4.78, 5) is 23.7. The molecule has 1 aromatic heterocycles. The van der Waals surface area contributed by atoms with Crippen LogP contribution >= 0.6 is 0 Å². The van der Waals surface area contributed by atoms with Gasteiger partial charge in [-0.15, -0.1) is 5.10 Å². The summed E-state index contributed by atoms with van der Waals surface area (Å²) in [6.07, 6.45) is -0.487. The number of hydrogen-bond acceptors (Lipinski definition) is 6. The molecule has 4 N–H and O–H groups in total. The molecule has 9 nitrogen and oxygen atoms in total. The Kier molecular flexibility index (Phi) is 6.20. The first kappa shape index (κ1) is 20.0. The van der Waals surface area contributed by atoms with E-state index >= 15 is 0 Å². The van der Waals surface area contributed by atoms with Crippen molar-refractivity contribution in [3.05, 3.63) is 72.1 Å². The van der Waals surface area contributed by atoms with Crippen LogP contribution in [0.3, 0.4) is 0 Å². The van der Waals surface area contributed by atoms with E-state index in [1.165, 1.54) is 0 Å². The van der Waals surface area contributed by atoms with Crippen LogP contribution in [0.1, 0.15) is 22.5 Å². The number of nitrogens with zero attached hydrogens (tertiary/aromatic N) is 3. The van der Waals surface area contributed by atoms with E-state index in [4.69, 9.17) is 10.3 Å². The fraction of sp³-hybridized carbons (Fsp3) is 0.200. The Morgan fingerprint density at radius 1 is 1.03 bits per heavy atom. The highest BCUT2D eigenvalue weighted by atomic mass is 16.5. The number of aliphatic hydroxyl groups excluding tert-OH is 1. The number of hydrogen-bond donors (Lipinski definition) is 4. The molecule has 9 heteroatoms. The summed E-state index contributed by atoms with van der Waals surface area (Å²) in [6, 6.07) is 16.8. The molecular weight excluding hydrogens is 376 g/mol. The van der Waals surface area contributed by atoms with E-state index in [9.17, 15) is 14.7 Å². The van der Waals surface area contributed by atoms with Gasteiger partial charge in [0, 0.05) is 12.5 Å². The van der Waals surface area contributed by atoms with Gasteiger partial charge in [-0.25, -0.2) is 4.79 Å². The average Bonchev–Trinajstić information content (AvgIpc) is 3.15. The summed E-state index contributed by atoms with van der Waals surface area (Å²) in [5.74, 6) is -2.00. The standard InChI is InChI=1S/C20H20N4O5/c25-18(20(27)28)11-16(21-19(26)17-12-24(29)23-22-17)10-13-6-8-15(9-7-13)14-4-2-1-3-5-14/h1-9,12,16,18,25,29H,10-11H2,(H,21,26)(H,27,28)/t16-,18-/m1/s1. The van der Waals surface area contributed by atoms with Gasteiger partial charge in [-0.1, -0.05) is 59.4 Å². The molecule has 150 valence electrons. The van der Waals surface area contributed by atoms with Crippen molar-refractivity contribution in [1.82, 2.24) is 20.5 Å². The number of carboxylic acid groups (broad SMARTS) is 1. The molecule has 0 fully saturated rings. The second kappa shape index (κ2) is 8.98. The van der Waals surface area contributed by atoms with Crippen molar-refractivity contribution in [2.45, 2.75) is 25.0 Å². The molecule has 0 aliphatic carbocycles. The molecular formula is C20H20N4O5.